The lowest BCUT2D eigenvalue weighted by molar-refractivity contribution is -0.339. The molecular formula is C15H25O7P2-3. The topological polar surface area (TPSA) is 122 Å². The van der Waals surface area contributed by atoms with Crippen LogP contribution in [0.15, 0.2) is 34.9 Å². The third-order valence-electron chi connectivity index (χ3n) is 2.99. The Bertz CT molecular complexity index is 568. The maximum absolute atomic E-state index is 11.0. The summed E-state index contributed by atoms with van der Waals surface area (Å²) in [5.74, 6) is 0. The Balaban J connectivity index is 4.18. The first kappa shape index (κ1) is 23.5. The lowest BCUT2D eigenvalue weighted by Gasteiger charge is -2.34. The molecule has 24 heavy (non-hydrogen) atoms. The number of rotatable bonds is 11. The average molecular weight is 379 g/mol. The van der Waals surface area contributed by atoms with E-state index in [2.05, 4.69) is 41.8 Å². The minimum atomic E-state index is -5.63. The average Bonchev–Trinajstić information content (AvgIpc) is 2.34. The number of hydrogen-bond donors (Lipinski definition) is 0. The van der Waals surface area contributed by atoms with E-state index in [9.17, 15) is 23.8 Å². The van der Waals surface area contributed by atoms with Crippen molar-refractivity contribution in [3.8, 4) is 0 Å². The second-order valence-electron chi connectivity index (χ2n) is 5.73. The zero-order valence-corrected chi connectivity index (χ0v) is 16.3. The van der Waals surface area contributed by atoms with Gasteiger partial charge in [0.05, 0.1) is 14.4 Å². The minimum absolute atomic E-state index is 0.379. The summed E-state index contributed by atoms with van der Waals surface area (Å²) in [6, 6.07) is 0. The molecule has 0 saturated heterocycles. The minimum Gasteiger partial charge on any atom is -0.790 e. The van der Waals surface area contributed by atoms with Crippen LogP contribution in [0.25, 0.3) is 0 Å². The molecule has 0 radical (unpaired) electrons. The summed E-state index contributed by atoms with van der Waals surface area (Å²) in [5, 5.41) is 0. The zero-order chi connectivity index (χ0) is 18.8. The van der Waals surface area contributed by atoms with E-state index in [0.29, 0.717) is 0 Å². The molecule has 0 aliphatic heterocycles. The summed E-state index contributed by atoms with van der Waals surface area (Å²) >= 11 is 0. The van der Waals surface area contributed by atoms with Gasteiger partial charge < -0.3 is 23.8 Å². The van der Waals surface area contributed by atoms with Gasteiger partial charge in [0, 0.05) is 0 Å². The van der Waals surface area contributed by atoms with E-state index < -0.39 is 15.6 Å². The quantitative estimate of drug-likeness (QED) is 0.399. The van der Waals surface area contributed by atoms with Crippen molar-refractivity contribution in [3.05, 3.63) is 34.9 Å². The van der Waals surface area contributed by atoms with Gasteiger partial charge in [-0.15, -0.1) is 0 Å². The van der Waals surface area contributed by atoms with Crippen molar-refractivity contribution in [2.24, 2.45) is 0 Å². The monoisotopic (exact) mass is 379 g/mol. The second kappa shape index (κ2) is 11.2. The van der Waals surface area contributed by atoms with Crippen LogP contribution in [0.3, 0.4) is 0 Å². The van der Waals surface area contributed by atoms with Crippen molar-refractivity contribution < 1.29 is 32.6 Å². The number of phosphoric acid groups is 2. The van der Waals surface area contributed by atoms with Crippen LogP contribution < -0.4 is 14.7 Å². The zero-order valence-electron chi connectivity index (χ0n) is 14.5. The van der Waals surface area contributed by atoms with E-state index in [4.69, 9.17) is 0 Å². The molecule has 0 aromatic heterocycles. The van der Waals surface area contributed by atoms with Crippen molar-refractivity contribution in [1.29, 1.82) is 0 Å². The maximum atomic E-state index is 11.0. The SMILES string of the molecule is CC(C)=CCC/C(C)=C\CC/C(C)=C/COP(=O)([O-])OP(=O)([O-])[O-]. The first-order valence-electron chi connectivity index (χ1n) is 7.55. The molecule has 0 N–H and O–H groups in total. The van der Waals surface area contributed by atoms with Gasteiger partial charge in [0.25, 0.3) is 7.82 Å². The van der Waals surface area contributed by atoms with E-state index in [1.165, 1.54) is 17.2 Å². The van der Waals surface area contributed by atoms with Crippen LogP contribution in [0.4, 0.5) is 0 Å². The van der Waals surface area contributed by atoms with Crippen molar-refractivity contribution >= 4 is 15.6 Å². The number of hydrogen-bond acceptors (Lipinski definition) is 7. The summed E-state index contributed by atoms with van der Waals surface area (Å²) in [4.78, 5) is 31.5. The molecule has 0 spiro atoms. The summed E-state index contributed by atoms with van der Waals surface area (Å²) in [5.41, 5.74) is 3.47. The largest absolute Gasteiger partial charge is 0.790 e. The smallest absolute Gasteiger partial charge is 0.272 e. The Morgan fingerprint density at radius 1 is 0.875 bits per heavy atom. The standard InChI is InChI=1S/C15H28O7P2/c1-13(2)7-5-8-14(3)9-6-10-15(4)11-12-21-24(19,20)22-23(16,17)18/h7,9,11H,5-6,8,10,12H2,1-4H3,(H,19,20)(H2,16,17,18)/p-3/b14-9-,15-11+. The van der Waals surface area contributed by atoms with Gasteiger partial charge in [0.15, 0.2) is 0 Å². The van der Waals surface area contributed by atoms with Gasteiger partial charge in [-0.2, -0.15) is 0 Å². The van der Waals surface area contributed by atoms with E-state index in [-0.39, 0.29) is 6.61 Å². The van der Waals surface area contributed by atoms with Gasteiger partial charge in [0.2, 0.25) is 0 Å². The van der Waals surface area contributed by atoms with Crippen LogP contribution in [0.2, 0.25) is 0 Å². The predicted molar refractivity (Wildman–Crippen MR) is 87.7 cm³/mol. The molecule has 0 aromatic rings. The van der Waals surface area contributed by atoms with Crippen molar-refractivity contribution in [2.45, 2.75) is 53.4 Å². The molecule has 0 bridgehead atoms. The van der Waals surface area contributed by atoms with Crippen LogP contribution in [-0.2, 0) is 18.0 Å². The van der Waals surface area contributed by atoms with Gasteiger partial charge >= 0.3 is 0 Å². The molecule has 0 fully saturated rings. The highest BCUT2D eigenvalue weighted by Crippen LogP contribution is 2.50. The Labute approximate surface area is 143 Å². The Hall–Kier alpha value is -0.520. The van der Waals surface area contributed by atoms with Gasteiger partial charge in [-0.25, -0.2) is 0 Å². The number of allylic oxidation sites excluding steroid dienone is 5. The molecule has 140 valence electrons. The van der Waals surface area contributed by atoms with Gasteiger partial charge in [-0.05, 0) is 53.4 Å². The molecule has 0 amide bonds. The van der Waals surface area contributed by atoms with Crippen molar-refractivity contribution in [1.82, 2.24) is 0 Å². The first-order valence-corrected chi connectivity index (χ1v) is 10.5. The van der Waals surface area contributed by atoms with Crippen molar-refractivity contribution in [2.75, 3.05) is 6.61 Å². The van der Waals surface area contributed by atoms with E-state index >= 15 is 0 Å². The van der Waals surface area contributed by atoms with Crippen LogP contribution in [0.1, 0.15) is 53.4 Å². The second-order valence-corrected chi connectivity index (χ2v) is 8.43. The molecule has 1 atom stereocenters. The molecule has 0 aromatic carbocycles. The molecule has 9 heteroatoms. The van der Waals surface area contributed by atoms with Crippen LogP contribution >= 0.6 is 15.6 Å². The molecular weight excluding hydrogens is 354 g/mol. The first-order chi connectivity index (χ1) is 10.9. The fourth-order valence-electron chi connectivity index (χ4n) is 1.76. The Morgan fingerprint density at radius 2 is 1.38 bits per heavy atom. The van der Waals surface area contributed by atoms with Crippen LogP contribution in [-0.4, -0.2) is 6.61 Å². The van der Waals surface area contributed by atoms with Crippen LogP contribution in [0, 0.1) is 0 Å². The Morgan fingerprint density at radius 3 is 1.88 bits per heavy atom. The molecule has 0 aliphatic carbocycles. The maximum Gasteiger partial charge on any atom is 0.272 e. The normalized spacial score (nSPS) is 16.0. The fraction of sp³-hybridized carbons (Fsp3) is 0.600. The molecule has 0 aliphatic rings. The van der Waals surface area contributed by atoms with Crippen LogP contribution in [0.5, 0.6) is 0 Å². The van der Waals surface area contributed by atoms with Crippen molar-refractivity contribution in [3.63, 3.8) is 0 Å². The molecule has 7 nitrogen and oxygen atoms in total. The van der Waals surface area contributed by atoms with Gasteiger partial charge in [0.1, 0.15) is 0 Å². The lowest BCUT2D eigenvalue weighted by atomic mass is 10.1. The number of phosphoric ester groups is 1. The summed E-state index contributed by atoms with van der Waals surface area (Å²) in [7, 11) is -10.8. The summed E-state index contributed by atoms with van der Waals surface area (Å²) < 4.78 is 28.9. The predicted octanol–water partition coefficient (Wildman–Crippen LogP) is 2.74. The van der Waals surface area contributed by atoms with E-state index in [1.54, 1.807) is 6.92 Å². The Kier molecular flexibility index (Phi) is 10.9. The fourth-order valence-corrected chi connectivity index (χ4v) is 3.18. The summed E-state index contributed by atoms with van der Waals surface area (Å²) in [6.07, 6.45) is 9.35. The molecule has 1 unspecified atom stereocenters. The van der Waals surface area contributed by atoms with Gasteiger partial charge in [-0.3, -0.25) is 8.88 Å². The lowest BCUT2D eigenvalue weighted by Crippen LogP contribution is -2.19. The molecule has 0 rings (SSSR count). The van der Waals surface area contributed by atoms with Gasteiger partial charge in [-0.1, -0.05) is 34.9 Å². The third kappa shape index (κ3) is 15.0. The highest BCUT2D eigenvalue weighted by molar-refractivity contribution is 7.58. The van der Waals surface area contributed by atoms with E-state index in [1.807, 2.05) is 0 Å². The van der Waals surface area contributed by atoms with E-state index in [0.717, 1.165) is 31.3 Å². The molecule has 0 heterocycles. The molecule has 0 saturated carbocycles. The highest BCUT2D eigenvalue weighted by Gasteiger charge is 2.10. The third-order valence-corrected chi connectivity index (χ3v) is 5.05. The highest BCUT2D eigenvalue weighted by atomic mass is 31.3. The summed E-state index contributed by atoms with van der Waals surface area (Å²) in [6.45, 7) is 7.62.